The highest BCUT2D eigenvalue weighted by Gasteiger charge is 2.67. The van der Waals surface area contributed by atoms with Gasteiger partial charge in [-0.15, -0.1) is 0 Å². The number of fused-ring (bicyclic) bond motifs is 6. The zero-order chi connectivity index (χ0) is 34.5. The summed E-state index contributed by atoms with van der Waals surface area (Å²) in [7, 11) is 0. The topological polar surface area (TPSA) is 3.24 Å². The lowest BCUT2D eigenvalue weighted by molar-refractivity contribution is -0.0236. The summed E-state index contributed by atoms with van der Waals surface area (Å²) < 4.78 is 0. The summed E-state index contributed by atoms with van der Waals surface area (Å²) in [5.41, 5.74) is 14.4. The lowest BCUT2D eigenvalue weighted by Crippen LogP contribution is -2.65. The average Bonchev–Trinajstić information content (AvgIpc) is 3.52. The molecule has 9 rings (SSSR count). The number of nitrogens with zero attached hydrogens (tertiary/aromatic N) is 1. The van der Waals surface area contributed by atoms with Crippen LogP contribution in [-0.4, -0.2) is 5.54 Å². The standard InChI is InChI=1S/C49H47N/c1-45(2)32-46(3,4)48(6)43-31-35(27-29-44(43)50(47(48,5)33-45)38-22-14-9-15-23-38)34-26-28-42-40(30-34)39-24-16-17-25-41(39)49(42,36-18-10-7-11-19-36)37-20-12-8-13-21-37/h7-31H,32-33H2,1-6H3. The van der Waals surface area contributed by atoms with E-state index in [1.54, 1.807) is 0 Å². The molecule has 50 heavy (non-hydrogen) atoms. The van der Waals surface area contributed by atoms with Crippen molar-refractivity contribution in [3.05, 3.63) is 179 Å². The Bertz CT molecular complexity index is 2210. The van der Waals surface area contributed by atoms with Crippen molar-refractivity contribution in [3.8, 4) is 22.3 Å². The van der Waals surface area contributed by atoms with Crippen LogP contribution in [0.1, 0.15) is 82.2 Å². The van der Waals surface area contributed by atoms with E-state index in [2.05, 4.69) is 198 Å². The first-order valence-corrected chi connectivity index (χ1v) is 18.4. The van der Waals surface area contributed by atoms with Crippen LogP contribution in [0.5, 0.6) is 0 Å². The van der Waals surface area contributed by atoms with Gasteiger partial charge in [0.2, 0.25) is 0 Å². The highest BCUT2D eigenvalue weighted by atomic mass is 15.3. The first kappa shape index (κ1) is 31.1. The van der Waals surface area contributed by atoms with Crippen molar-refractivity contribution in [2.75, 3.05) is 4.90 Å². The molecular formula is C49H47N. The predicted molar refractivity (Wildman–Crippen MR) is 210 cm³/mol. The molecule has 3 aliphatic rings. The second kappa shape index (κ2) is 10.6. The van der Waals surface area contributed by atoms with Gasteiger partial charge in [0.25, 0.3) is 0 Å². The highest BCUT2D eigenvalue weighted by Crippen LogP contribution is 2.70. The molecule has 2 aliphatic carbocycles. The number of rotatable bonds is 4. The highest BCUT2D eigenvalue weighted by molar-refractivity contribution is 5.89. The van der Waals surface area contributed by atoms with Gasteiger partial charge in [-0.05, 0) is 111 Å². The minimum atomic E-state index is -0.380. The van der Waals surface area contributed by atoms with Crippen LogP contribution >= 0.6 is 0 Å². The molecule has 1 heterocycles. The number of benzene rings is 6. The Morgan fingerprint density at radius 3 is 1.66 bits per heavy atom. The van der Waals surface area contributed by atoms with Crippen molar-refractivity contribution in [2.24, 2.45) is 10.8 Å². The molecule has 1 saturated carbocycles. The van der Waals surface area contributed by atoms with Crippen molar-refractivity contribution in [1.82, 2.24) is 0 Å². The van der Waals surface area contributed by atoms with Crippen LogP contribution < -0.4 is 4.90 Å². The third-order valence-electron chi connectivity index (χ3n) is 13.2. The van der Waals surface area contributed by atoms with E-state index in [0.717, 1.165) is 6.42 Å². The monoisotopic (exact) mass is 649 g/mol. The fourth-order valence-corrected chi connectivity index (χ4v) is 11.4. The Balaban J connectivity index is 1.26. The molecule has 2 atom stereocenters. The quantitative estimate of drug-likeness (QED) is 0.183. The summed E-state index contributed by atoms with van der Waals surface area (Å²) in [6.45, 7) is 15.1. The van der Waals surface area contributed by atoms with E-state index < -0.39 is 0 Å². The normalized spacial score (nSPS) is 23.4. The third kappa shape index (κ3) is 4.01. The second-order valence-corrected chi connectivity index (χ2v) is 17.0. The second-order valence-electron chi connectivity index (χ2n) is 17.0. The van der Waals surface area contributed by atoms with Crippen LogP contribution in [0, 0.1) is 10.8 Å². The van der Waals surface area contributed by atoms with Crippen molar-refractivity contribution >= 4 is 11.4 Å². The van der Waals surface area contributed by atoms with E-state index >= 15 is 0 Å². The maximum absolute atomic E-state index is 2.70. The smallest absolute Gasteiger partial charge is 0.0713 e. The molecule has 2 unspecified atom stereocenters. The number of hydrogen-bond acceptors (Lipinski definition) is 1. The molecule has 0 radical (unpaired) electrons. The van der Waals surface area contributed by atoms with Gasteiger partial charge < -0.3 is 4.90 Å². The Kier molecular flexibility index (Phi) is 6.58. The Morgan fingerprint density at radius 1 is 0.460 bits per heavy atom. The predicted octanol–water partition coefficient (Wildman–Crippen LogP) is 12.7. The molecule has 0 saturated heterocycles. The maximum Gasteiger partial charge on any atom is 0.0713 e. The zero-order valence-corrected chi connectivity index (χ0v) is 30.3. The van der Waals surface area contributed by atoms with Gasteiger partial charge in [-0.1, -0.05) is 156 Å². The Morgan fingerprint density at radius 2 is 1.00 bits per heavy atom. The summed E-state index contributed by atoms with van der Waals surface area (Å²) >= 11 is 0. The van der Waals surface area contributed by atoms with E-state index in [1.807, 2.05) is 0 Å². The first-order valence-electron chi connectivity index (χ1n) is 18.4. The molecular weight excluding hydrogens is 603 g/mol. The molecule has 6 aromatic rings. The van der Waals surface area contributed by atoms with Crippen molar-refractivity contribution in [2.45, 2.75) is 70.8 Å². The van der Waals surface area contributed by atoms with Crippen LogP contribution in [0.4, 0.5) is 11.4 Å². The minimum Gasteiger partial charge on any atom is -0.334 e. The van der Waals surface area contributed by atoms with E-state index in [4.69, 9.17) is 0 Å². The summed E-state index contributed by atoms with van der Waals surface area (Å²) in [5, 5.41) is 0. The Hall–Kier alpha value is -4.88. The fourth-order valence-electron chi connectivity index (χ4n) is 11.4. The fraction of sp³-hybridized carbons (Fsp3) is 0.265. The van der Waals surface area contributed by atoms with Crippen LogP contribution in [0.15, 0.2) is 152 Å². The average molecular weight is 650 g/mol. The van der Waals surface area contributed by atoms with E-state index in [1.165, 1.54) is 67.9 Å². The molecule has 1 aliphatic heterocycles. The molecule has 6 aromatic carbocycles. The minimum absolute atomic E-state index is 0.0597. The van der Waals surface area contributed by atoms with Gasteiger partial charge in [0.05, 0.1) is 11.0 Å². The molecule has 1 heteroatoms. The first-order chi connectivity index (χ1) is 24.0. The molecule has 1 nitrogen and oxygen atoms in total. The van der Waals surface area contributed by atoms with Gasteiger partial charge in [-0.25, -0.2) is 0 Å². The number of para-hydroxylation sites is 1. The Labute approximate surface area is 298 Å². The van der Waals surface area contributed by atoms with Crippen LogP contribution in [0.3, 0.4) is 0 Å². The summed E-state index contributed by atoms with van der Waals surface area (Å²) in [6.07, 6.45) is 2.32. The van der Waals surface area contributed by atoms with Crippen molar-refractivity contribution in [3.63, 3.8) is 0 Å². The van der Waals surface area contributed by atoms with Gasteiger partial charge in [0.1, 0.15) is 0 Å². The summed E-state index contributed by atoms with van der Waals surface area (Å²) in [5.74, 6) is 0. The van der Waals surface area contributed by atoms with Crippen LogP contribution in [0.2, 0.25) is 0 Å². The van der Waals surface area contributed by atoms with Gasteiger partial charge >= 0.3 is 0 Å². The van der Waals surface area contributed by atoms with E-state index in [0.29, 0.717) is 0 Å². The number of hydrogen-bond donors (Lipinski definition) is 0. The van der Waals surface area contributed by atoms with Gasteiger partial charge in [0, 0.05) is 16.8 Å². The van der Waals surface area contributed by atoms with E-state index in [-0.39, 0.29) is 27.2 Å². The van der Waals surface area contributed by atoms with Crippen molar-refractivity contribution in [1.29, 1.82) is 0 Å². The lowest BCUT2D eigenvalue weighted by Gasteiger charge is -2.62. The van der Waals surface area contributed by atoms with E-state index in [9.17, 15) is 0 Å². The molecule has 0 amide bonds. The molecule has 0 bridgehead atoms. The lowest BCUT2D eigenvalue weighted by atomic mass is 9.45. The summed E-state index contributed by atoms with van der Waals surface area (Å²) in [6, 6.07) is 57.0. The molecule has 0 spiro atoms. The summed E-state index contributed by atoms with van der Waals surface area (Å²) in [4.78, 5) is 2.70. The molecule has 0 N–H and O–H groups in total. The number of anilines is 2. The van der Waals surface area contributed by atoms with Crippen LogP contribution in [0.25, 0.3) is 22.3 Å². The maximum atomic E-state index is 2.70. The van der Waals surface area contributed by atoms with Gasteiger partial charge in [-0.2, -0.15) is 0 Å². The molecule has 1 fully saturated rings. The third-order valence-corrected chi connectivity index (χ3v) is 13.2. The van der Waals surface area contributed by atoms with Gasteiger partial charge in [-0.3, -0.25) is 0 Å². The zero-order valence-electron chi connectivity index (χ0n) is 30.3. The van der Waals surface area contributed by atoms with Crippen molar-refractivity contribution < 1.29 is 0 Å². The SMILES string of the molecule is CC1(C)CC(C)(C)C2(C)c3cc(-c4ccc5c(c4)-c4ccccc4C5(c4ccccc4)c4ccccc4)ccc3N(c3ccccc3)C2(C)C1. The van der Waals surface area contributed by atoms with Gasteiger partial charge in [0.15, 0.2) is 0 Å². The molecule has 0 aromatic heterocycles. The largest absolute Gasteiger partial charge is 0.334 e. The molecule has 248 valence electrons. The van der Waals surface area contributed by atoms with Crippen LogP contribution in [-0.2, 0) is 10.8 Å².